The number of aryl methyl sites for hydroxylation is 1. The highest BCUT2D eigenvalue weighted by Crippen LogP contribution is 2.40. The molecule has 1 heterocycles. The lowest BCUT2D eigenvalue weighted by Gasteiger charge is -2.12. The van der Waals surface area contributed by atoms with E-state index < -0.39 is 11.7 Å². The van der Waals surface area contributed by atoms with Crippen molar-refractivity contribution in [2.24, 2.45) is 7.05 Å². The molecule has 0 bridgehead atoms. The van der Waals surface area contributed by atoms with Gasteiger partial charge >= 0.3 is 0 Å². The van der Waals surface area contributed by atoms with Crippen molar-refractivity contribution in [1.82, 2.24) is 9.78 Å². The monoisotopic (exact) mass is 484 g/mol. The van der Waals surface area contributed by atoms with Gasteiger partial charge in [0.15, 0.2) is 0 Å². The summed E-state index contributed by atoms with van der Waals surface area (Å²) in [7, 11) is 3.33. The summed E-state index contributed by atoms with van der Waals surface area (Å²) in [6.45, 7) is 1.04. The van der Waals surface area contributed by atoms with Crippen LogP contribution in [0.2, 0.25) is 5.02 Å². The van der Waals surface area contributed by atoms with Crippen LogP contribution in [-0.4, -0.2) is 36.0 Å². The number of hydrogen-bond donors (Lipinski definition) is 2. The van der Waals surface area contributed by atoms with Crippen molar-refractivity contribution in [2.45, 2.75) is 18.8 Å². The number of methoxy groups -OCH3 is 1. The van der Waals surface area contributed by atoms with Crippen LogP contribution in [0.4, 0.5) is 15.9 Å². The predicted octanol–water partition coefficient (Wildman–Crippen LogP) is 5.03. The molecule has 0 saturated heterocycles. The number of rotatable bonds is 8. The van der Waals surface area contributed by atoms with E-state index in [2.05, 4.69) is 28.6 Å². The van der Waals surface area contributed by atoms with Gasteiger partial charge < -0.3 is 20.5 Å². The molecule has 3 aromatic rings. The van der Waals surface area contributed by atoms with Gasteiger partial charge in [-0.15, -0.1) is 0 Å². The molecule has 1 unspecified atom stereocenters. The molecule has 3 N–H and O–H groups in total. The number of ether oxygens (including phenoxy) is 2. The number of benzene rings is 2. The maximum Gasteiger partial charge on any atom is 0.261 e. The van der Waals surface area contributed by atoms with E-state index in [-0.39, 0.29) is 22.3 Å². The lowest BCUT2D eigenvalue weighted by atomic mass is 9.94. The van der Waals surface area contributed by atoms with Crippen molar-refractivity contribution in [3.63, 3.8) is 0 Å². The molecule has 1 aliphatic carbocycles. The van der Waals surface area contributed by atoms with Gasteiger partial charge in [0.2, 0.25) is 0 Å². The van der Waals surface area contributed by atoms with Crippen molar-refractivity contribution in [3.8, 4) is 5.75 Å². The lowest BCUT2D eigenvalue weighted by Crippen LogP contribution is -2.15. The smallest absolute Gasteiger partial charge is 0.261 e. The van der Waals surface area contributed by atoms with Crippen LogP contribution in [0.5, 0.6) is 5.75 Å². The zero-order chi connectivity index (χ0) is 24.2. The Morgan fingerprint density at radius 2 is 2.03 bits per heavy atom. The molecule has 1 aliphatic rings. The molecule has 178 valence electrons. The molecule has 0 fully saturated rings. The molecule has 34 heavy (non-hydrogen) atoms. The number of carbonyl (C=O) groups excluding carboxylic acids is 1. The van der Waals surface area contributed by atoms with E-state index in [9.17, 15) is 9.18 Å². The van der Waals surface area contributed by atoms with Gasteiger partial charge in [0.25, 0.3) is 5.91 Å². The number of halogens is 2. The highest BCUT2D eigenvalue weighted by molar-refractivity contribution is 6.31. The van der Waals surface area contributed by atoms with E-state index in [1.54, 1.807) is 14.2 Å². The van der Waals surface area contributed by atoms with E-state index in [1.807, 2.05) is 12.1 Å². The van der Waals surface area contributed by atoms with Crippen molar-refractivity contribution in [1.29, 1.82) is 0 Å². The van der Waals surface area contributed by atoms with Crippen LogP contribution in [0.15, 0.2) is 48.5 Å². The zero-order valence-corrected chi connectivity index (χ0v) is 19.7. The summed E-state index contributed by atoms with van der Waals surface area (Å²) in [5, 5.41) is 7.18. The topological polar surface area (TPSA) is 91.4 Å². The first kappa shape index (κ1) is 23.8. The fourth-order valence-corrected chi connectivity index (χ4v) is 4.18. The number of aromatic nitrogens is 2. The lowest BCUT2D eigenvalue weighted by molar-refractivity contribution is 0.102. The van der Waals surface area contributed by atoms with Crippen molar-refractivity contribution < 1.29 is 18.7 Å². The standard InChI is InChI=1S/C25H26ClFN4O3/c1-31-24(28)22(25(32)29-18-7-10-21(27)20(26)14-18)23(30-31)17-4-3-16(13-17)15-5-8-19(9-6-15)34-12-11-33-2/h4-10,14,16H,3,11-13,28H2,1-2H3,(H,29,32). The Bertz CT molecular complexity index is 1220. The second-order valence-corrected chi connectivity index (χ2v) is 8.50. The van der Waals surface area contributed by atoms with Crippen molar-refractivity contribution >= 4 is 34.6 Å². The average molecular weight is 485 g/mol. The van der Waals surface area contributed by atoms with Crippen LogP contribution in [0.25, 0.3) is 5.57 Å². The molecule has 0 radical (unpaired) electrons. The Hall–Kier alpha value is -3.36. The number of nitrogens with zero attached hydrogens (tertiary/aromatic N) is 2. The van der Waals surface area contributed by atoms with E-state index in [1.165, 1.54) is 28.4 Å². The molecule has 7 nitrogen and oxygen atoms in total. The first-order valence-electron chi connectivity index (χ1n) is 10.9. The minimum Gasteiger partial charge on any atom is -0.491 e. The number of anilines is 2. The minimum atomic E-state index is -0.557. The third-order valence-electron chi connectivity index (χ3n) is 5.82. The van der Waals surface area contributed by atoms with Crippen LogP contribution in [0.3, 0.4) is 0 Å². The van der Waals surface area contributed by atoms with Crippen LogP contribution in [-0.2, 0) is 11.8 Å². The third-order valence-corrected chi connectivity index (χ3v) is 6.11. The summed E-state index contributed by atoms with van der Waals surface area (Å²) < 4.78 is 25.6. The van der Waals surface area contributed by atoms with Crippen molar-refractivity contribution in [3.05, 3.63) is 76.2 Å². The summed E-state index contributed by atoms with van der Waals surface area (Å²) in [5.41, 5.74) is 9.54. The maximum absolute atomic E-state index is 13.5. The van der Waals surface area contributed by atoms with E-state index >= 15 is 0 Å². The molecule has 0 saturated carbocycles. The Morgan fingerprint density at radius 3 is 2.74 bits per heavy atom. The molecule has 4 rings (SSSR count). The van der Waals surface area contributed by atoms with Gasteiger partial charge in [-0.3, -0.25) is 9.48 Å². The number of nitrogens with one attached hydrogen (secondary N) is 1. The average Bonchev–Trinajstić information content (AvgIpc) is 3.42. The molecular weight excluding hydrogens is 459 g/mol. The van der Waals surface area contributed by atoms with Gasteiger partial charge in [0.1, 0.15) is 35.2 Å². The predicted molar refractivity (Wildman–Crippen MR) is 131 cm³/mol. The van der Waals surface area contributed by atoms with Gasteiger partial charge in [0, 0.05) is 19.8 Å². The number of hydrogen-bond acceptors (Lipinski definition) is 5. The molecule has 1 amide bonds. The molecule has 0 spiro atoms. The number of allylic oxidation sites excluding steroid dienone is 2. The normalized spacial score (nSPS) is 15.3. The summed E-state index contributed by atoms with van der Waals surface area (Å²) in [4.78, 5) is 13.1. The maximum atomic E-state index is 13.5. The van der Waals surface area contributed by atoms with E-state index in [0.29, 0.717) is 24.6 Å². The van der Waals surface area contributed by atoms with Crippen molar-refractivity contribution in [2.75, 3.05) is 31.4 Å². The summed E-state index contributed by atoms with van der Waals surface area (Å²) in [6.07, 6.45) is 3.65. The number of nitrogen functional groups attached to an aromatic ring is 1. The minimum absolute atomic E-state index is 0.0753. The highest BCUT2D eigenvalue weighted by Gasteiger charge is 2.28. The van der Waals surface area contributed by atoms with Gasteiger partial charge in [-0.25, -0.2) is 4.39 Å². The third kappa shape index (κ3) is 5.08. The molecule has 1 atom stereocenters. The Balaban J connectivity index is 1.49. The van der Waals surface area contributed by atoms with Crippen LogP contribution >= 0.6 is 11.6 Å². The van der Waals surface area contributed by atoms with Gasteiger partial charge in [-0.2, -0.15) is 5.10 Å². The second kappa shape index (κ2) is 10.3. The Labute approximate surface area is 202 Å². The van der Waals surface area contributed by atoms with Crippen LogP contribution < -0.4 is 15.8 Å². The van der Waals surface area contributed by atoms with Gasteiger partial charge in [-0.05, 0) is 60.2 Å². The first-order chi connectivity index (χ1) is 16.4. The Kier molecular flexibility index (Phi) is 7.19. The quantitative estimate of drug-likeness (QED) is 0.437. The number of amides is 1. The number of nitrogens with two attached hydrogens (primary N) is 1. The van der Waals surface area contributed by atoms with Gasteiger partial charge in [0.05, 0.1) is 11.6 Å². The molecular formula is C25H26ClFN4O3. The second-order valence-electron chi connectivity index (χ2n) is 8.09. The largest absolute Gasteiger partial charge is 0.491 e. The van der Waals surface area contributed by atoms with Crippen LogP contribution in [0.1, 0.15) is 40.4 Å². The SMILES string of the molecule is COCCOc1ccc(C2CC=C(c3nn(C)c(N)c3C(=O)Nc3ccc(F)c(Cl)c3)C2)cc1. The summed E-state index contributed by atoms with van der Waals surface area (Å²) in [6, 6.07) is 12.0. The molecule has 9 heteroatoms. The zero-order valence-electron chi connectivity index (χ0n) is 19.0. The van der Waals surface area contributed by atoms with E-state index in [4.69, 9.17) is 26.8 Å². The summed E-state index contributed by atoms with van der Waals surface area (Å²) in [5.74, 6) is 0.327. The van der Waals surface area contributed by atoms with Crippen LogP contribution in [0, 0.1) is 5.82 Å². The van der Waals surface area contributed by atoms with E-state index in [0.717, 1.165) is 24.2 Å². The first-order valence-corrected chi connectivity index (χ1v) is 11.2. The highest BCUT2D eigenvalue weighted by atomic mass is 35.5. The Morgan fingerprint density at radius 1 is 1.26 bits per heavy atom. The fourth-order valence-electron chi connectivity index (χ4n) is 4.00. The summed E-state index contributed by atoms with van der Waals surface area (Å²) >= 11 is 5.84. The van der Waals surface area contributed by atoms with Gasteiger partial charge in [-0.1, -0.05) is 29.8 Å². The molecule has 0 aliphatic heterocycles. The number of carbonyl (C=O) groups is 1. The molecule has 1 aromatic heterocycles. The fraction of sp³-hybridized carbons (Fsp3) is 0.280. The molecule has 2 aromatic carbocycles.